The van der Waals surface area contributed by atoms with Gasteiger partial charge >= 0.3 is 0 Å². The number of aryl methyl sites for hydroxylation is 2. The van der Waals surface area contributed by atoms with Crippen molar-refractivity contribution in [1.29, 1.82) is 0 Å². The summed E-state index contributed by atoms with van der Waals surface area (Å²) in [6, 6.07) is 23.4. The molecule has 1 N–H and O–H groups in total. The number of rotatable bonds is 10. The molecule has 0 aliphatic rings. The smallest absolute Gasteiger partial charge is 0.243 e. The number of amides is 2. The summed E-state index contributed by atoms with van der Waals surface area (Å²) in [6.45, 7) is 7.06. The molecule has 0 heterocycles. The highest BCUT2D eigenvalue weighted by molar-refractivity contribution is 9.10. The first-order valence-corrected chi connectivity index (χ1v) is 12.6. The van der Waals surface area contributed by atoms with Crippen molar-refractivity contribution in [3.63, 3.8) is 0 Å². The molecule has 5 heteroatoms. The highest BCUT2D eigenvalue weighted by Crippen LogP contribution is 2.19. The molecule has 0 saturated carbocycles. The van der Waals surface area contributed by atoms with E-state index in [1.54, 1.807) is 4.90 Å². The minimum atomic E-state index is -0.601. The molecular weight excluding hydrogens is 488 g/mol. The number of nitrogens with one attached hydrogen (secondary N) is 1. The van der Waals surface area contributed by atoms with Crippen LogP contribution in [0.2, 0.25) is 0 Å². The van der Waals surface area contributed by atoms with Gasteiger partial charge in [0, 0.05) is 24.0 Å². The van der Waals surface area contributed by atoms with Crippen molar-refractivity contribution < 1.29 is 9.59 Å². The van der Waals surface area contributed by atoms with E-state index in [-0.39, 0.29) is 18.2 Å². The van der Waals surface area contributed by atoms with Gasteiger partial charge < -0.3 is 10.2 Å². The second-order valence-electron chi connectivity index (χ2n) is 8.82. The summed E-state index contributed by atoms with van der Waals surface area (Å²) in [7, 11) is 0. The zero-order valence-corrected chi connectivity index (χ0v) is 21.8. The molecule has 0 spiro atoms. The lowest BCUT2D eigenvalue weighted by atomic mass is 10.0. The molecule has 0 unspecified atom stereocenters. The first-order chi connectivity index (χ1) is 16.4. The van der Waals surface area contributed by atoms with Gasteiger partial charge in [-0.05, 0) is 49.1 Å². The van der Waals surface area contributed by atoms with E-state index in [1.165, 1.54) is 0 Å². The van der Waals surface area contributed by atoms with Crippen LogP contribution in [0, 0.1) is 13.8 Å². The van der Waals surface area contributed by atoms with Gasteiger partial charge in [0.2, 0.25) is 11.8 Å². The quantitative estimate of drug-likeness (QED) is 0.368. The molecule has 4 nitrogen and oxygen atoms in total. The molecule has 0 bridgehead atoms. The van der Waals surface area contributed by atoms with Crippen LogP contribution in [0.5, 0.6) is 0 Å². The molecule has 34 heavy (non-hydrogen) atoms. The third kappa shape index (κ3) is 7.56. The van der Waals surface area contributed by atoms with E-state index in [1.807, 2.05) is 87.5 Å². The number of hydrogen-bond acceptors (Lipinski definition) is 2. The first-order valence-electron chi connectivity index (χ1n) is 11.8. The number of hydrogen-bond donors (Lipinski definition) is 1. The molecule has 0 aromatic heterocycles. The first kappa shape index (κ1) is 25.7. The summed E-state index contributed by atoms with van der Waals surface area (Å²) >= 11 is 3.48. The van der Waals surface area contributed by atoms with Crippen molar-refractivity contribution >= 4 is 27.7 Å². The molecule has 3 aromatic rings. The molecule has 3 aromatic carbocycles. The number of benzene rings is 3. The number of carbonyl (C=O) groups is 2. The van der Waals surface area contributed by atoms with Crippen molar-refractivity contribution in [3.05, 3.63) is 105 Å². The molecule has 0 aliphatic heterocycles. The molecule has 178 valence electrons. The van der Waals surface area contributed by atoms with Gasteiger partial charge in [-0.15, -0.1) is 0 Å². The van der Waals surface area contributed by atoms with Crippen LogP contribution in [0.3, 0.4) is 0 Å². The van der Waals surface area contributed by atoms with Crippen LogP contribution < -0.4 is 5.32 Å². The van der Waals surface area contributed by atoms with E-state index in [9.17, 15) is 9.59 Å². The van der Waals surface area contributed by atoms with Gasteiger partial charge in [-0.1, -0.05) is 94.6 Å². The summed E-state index contributed by atoms with van der Waals surface area (Å²) in [5.74, 6) is -0.169. The normalized spacial score (nSPS) is 11.6. The molecule has 0 radical (unpaired) electrons. The second kappa shape index (κ2) is 12.5. The molecule has 0 saturated heterocycles. The Balaban J connectivity index is 1.96. The fourth-order valence-corrected chi connectivity index (χ4v) is 4.42. The Hall–Kier alpha value is -2.92. The fraction of sp³-hybridized carbons (Fsp3) is 0.310. The van der Waals surface area contributed by atoms with Gasteiger partial charge in [0.25, 0.3) is 0 Å². The minimum absolute atomic E-state index is 0.0551. The summed E-state index contributed by atoms with van der Waals surface area (Å²) in [6.07, 6.45) is 1.56. The summed E-state index contributed by atoms with van der Waals surface area (Å²) in [4.78, 5) is 28.8. The standard InChI is InChI=1S/C29H33BrN2O2/c1-4-14-31-29(34)27(18-23-8-6-5-7-9-23)32(20-24-10-12-26(30)13-11-24)28(33)19-25-16-21(2)15-22(3)17-25/h5-13,15-17,27H,4,14,18-20H2,1-3H3,(H,31,34)/t27-/m0/s1. The minimum Gasteiger partial charge on any atom is -0.354 e. The summed E-state index contributed by atoms with van der Waals surface area (Å²) < 4.78 is 0.978. The number of nitrogens with zero attached hydrogens (tertiary/aromatic N) is 1. The largest absolute Gasteiger partial charge is 0.354 e. The van der Waals surface area contributed by atoms with Gasteiger partial charge in [-0.25, -0.2) is 0 Å². The van der Waals surface area contributed by atoms with E-state index >= 15 is 0 Å². The van der Waals surface area contributed by atoms with Crippen molar-refractivity contribution in [2.75, 3.05) is 6.54 Å². The Kier molecular flexibility index (Phi) is 9.46. The van der Waals surface area contributed by atoms with Gasteiger partial charge in [-0.2, -0.15) is 0 Å². The van der Waals surface area contributed by atoms with Gasteiger partial charge in [0.05, 0.1) is 6.42 Å². The second-order valence-corrected chi connectivity index (χ2v) is 9.73. The van der Waals surface area contributed by atoms with Crippen LogP contribution in [-0.4, -0.2) is 29.3 Å². The van der Waals surface area contributed by atoms with Gasteiger partial charge in [0.1, 0.15) is 6.04 Å². The van der Waals surface area contributed by atoms with Crippen molar-refractivity contribution in [2.24, 2.45) is 0 Å². The lowest BCUT2D eigenvalue weighted by Gasteiger charge is -2.32. The van der Waals surface area contributed by atoms with E-state index in [0.29, 0.717) is 19.5 Å². The Morgan fingerprint density at radius 3 is 2.15 bits per heavy atom. The highest BCUT2D eigenvalue weighted by Gasteiger charge is 2.30. The Labute approximate surface area is 211 Å². The highest BCUT2D eigenvalue weighted by atomic mass is 79.9. The average Bonchev–Trinajstić information content (AvgIpc) is 2.81. The van der Waals surface area contributed by atoms with E-state index < -0.39 is 6.04 Å². The number of halogens is 1. The molecule has 0 fully saturated rings. The lowest BCUT2D eigenvalue weighted by molar-refractivity contribution is -0.140. The Morgan fingerprint density at radius 1 is 0.882 bits per heavy atom. The fourth-order valence-electron chi connectivity index (χ4n) is 4.15. The van der Waals surface area contributed by atoms with Crippen LogP contribution in [0.1, 0.15) is 41.2 Å². The lowest BCUT2D eigenvalue weighted by Crippen LogP contribution is -2.51. The van der Waals surface area contributed by atoms with Crippen molar-refractivity contribution in [1.82, 2.24) is 10.2 Å². The predicted octanol–water partition coefficient (Wildman–Crippen LogP) is 5.77. The van der Waals surface area contributed by atoms with Crippen molar-refractivity contribution in [3.8, 4) is 0 Å². The Morgan fingerprint density at radius 2 is 1.53 bits per heavy atom. The molecule has 2 amide bonds. The van der Waals surface area contributed by atoms with E-state index in [0.717, 1.165) is 38.7 Å². The zero-order chi connectivity index (χ0) is 24.5. The maximum atomic E-state index is 13.8. The third-order valence-corrected chi connectivity index (χ3v) is 6.25. The van der Waals surface area contributed by atoms with Crippen LogP contribution in [0.15, 0.2) is 77.3 Å². The average molecular weight is 521 g/mol. The molecular formula is C29H33BrN2O2. The number of carbonyl (C=O) groups excluding carboxylic acids is 2. The summed E-state index contributed by atoms with van der Waals surface area (Å²) in [5, 5.41) is 3.02. The Bertz CT molecular complexity index is 1080. The van der Waals surface area contributed by atoms with E-state index in [4.69, 9.17) is 0 Å². The van der Waals surface area contributed by atoms with Gasteiger partial charge in [0.15, 0.2) is 0 Å². The monoisotopic (exact) mass is 520 g/mol. The third-order valence-electron chi connectivity index (χ3n) is 5.72. The topological polar surface area (TPSA) is 49.4 Å². The van der Waals surface area contributed by atoms with Crippen LogP contribution in [0.25, 0.3) is 0 Å². The van der Waals surface area contributed by atoms with Gasteiger partial charge in [-0.3, -0.25) is 9.59 Å². The predicted molar refractivity (Wildman–Crippen MR) is 142 cm³/mol. The van der Waals surface area contributed by atoms with Crippen molar-refractivity contribution in [2.45, 2.75) is 52.6 Å². The van der Waals surface area contributed by atoms with Crippen LogP contribution in [-0.2, 0) is 29.0 Å². The summed E-state index contributed by atoms with van der Waals surface area (Å²) in [5.41, 5.74) is 5.24. The molecule has 1 atom stereocenters. The van der Waals surface area contributed by atoms with Crippen LogP contribution in [0.4, 0.5) is 0 Å². The molecule has 3 rings (SSSR count). The molecule has 0 aliphatic carbocycles. The maximum absolute atomic E-state index is 13.8. The van der Waals surface area contributed by atoms with Crippen LogP contribution >= 0.6 is 15.9 Å². The SMILES string of the molecule is CCCNC(=O)[C@H](Cc1ccccc1)N(Cc1ccc(Br)cc1)C(=O)Cc1cc(C)cc(C)c1. The van der Waals surface area contributed by atoms with E-state index in [2.05, 4.69) is 27.3 Å². The maximum Gasteiger partial charge on any atom is 0.243 e. The zero-order valence-electron chi connectivity index (χ0n) is 20.2.